The number of thioether (sulfide) groups is 1. The minimum absolute atomic E-state index is 0.141. The number of aromatic nitrogens is 1. The van der Waals surface area contributed by atoms with E-state index in [9.17, 15) is 4.79 Å². The van der Waals surface area contributed by atoms with Crippen LogP contribution in [0.3, 0.4) is 0 Å². The first-order valence-corrected chi connectivity index (χ1v) is 6.61. The van der Waals surface area contributed by atoms with Gasteiger partial charge in [0.1, 0.15) is 5.76 Å². The molecule has 1 heterocycles. The highest BCUT2D eigenvalue weighted by Crippen LogP contribution is 2.30. The van der Waals surface area contributed by atoms with Crippen LogP contribution < -0.4 is 17.0 Å². The number of nitrogens with zero attached hydrogens (tertiary/aromatic N) is 1. The summed E-state index contributed by atoms with van der Waals surface area (Å²) in [5.41, 5.74) is 8.54. The number of halogens is 1. The summed E-state index contributed by atoms with van der Waals surface area (Å²) >= 11 is 7.28. The molecule has 100 valence electrons. The van der Waals surface area contributed by atoms with Gasteiger partial charge in [0.15, 0.2) is 5.69 Å². The summed E-state index contributed by atoms with van der Waals surface area (Å²) in [6, 6.07) is 6.79. The van der Waals surface area contributed by atoms with Gasteiger partial charge in [-0.15, -0.1) is 11.8 Å². The first kappa shape index (κ1) is 13.7. The molecule has 0 atom stereocenters. The molecule has 5 N–H and O–H groups in total. The van der Waals surface area contributed by atoms with Crippen LogP contribution in [0.1, 0.15) is 16.2 Å². The maximum atomic E-state index is 11.2. The second-order valence-electron chi connectivity index (χ2n) is 3.62. The number of hydrogen-bond acceptors (Lipinski definition) is 6. The van der Waals surface area contributed by atoms with Crippen molar-refractivity contribution in [3.05, 3.63) is 40.7 Å². The number of anilines is 1. The topological polar surface area (TPSA) is 107 Å². The molecule has 0 aliphatic heterocycles. The van der Waals surface area contributed by atoms with E-state index in [2.05, 4.69) is 5.16 Å². The number of nitrogens with one attached hydrogen (secondary N) is 1. The van der Waals surface area contributed by atoms with E-state index in [4.69, 9.17) is 27.7 Å². The lowest BCUT2D eigenvalue weighted by molar-refractivity contribution is 0.0944. The number of hydrazine groups is 1. The molecule has 8 heteroatoms. The summed E-state index contributed by atoms with van der Waals surface area (Å²) in [6.07, 6.45) is 0. The van der Waals surface area contributed by atoms with E-state index in [0.29, 0.717) is 22.2 Å². The first-order valence-electron chi connectivity index (χ1n) is 5.24. The monoisotopic (exact) mass is 298 g/mol. The van der Waals surface area contributed by atoms with E-state index in [1.54, 1.807) is 12.1 Å². The van der Waals surface area contributed by atoms with Crippen molar-refractivity contribution in [2.75, 3.05) is 5.73 Å². The van der Waals surface area contributed by atoms with Crippen LogP contribution in [0.5, 0.6) is 0 Å². The highest BCUT2D eigenvalue weighted by atomic mass is 35.5. The van der Waals surface area contributed by atoms with Gasteiger partial charge in [-0.1, -0.05) is 16.8 Å². The van der Waals surface area contributed by atoms with Crippen LogP contribution in [0, 0.1) is 0 Å². The predicted molar refractivity (Wildman–Crippen MR) is 73.6 cm³/mol. The summed E-state index contributed by atoms with van der Waals surface area (Å²) in [5.74, 6) is 5.55. The van der Waals surface area contributed by atoms with E-state index in [-0.39, 0.29) is 5.69 Å². The molecule has 19 heavy (non-hydrogen) atoms. The largest absolute Gasteiger partial charge is 0.398 e. The van der Waals surface area contributed by atoms with Gasteiger partial charge in [-0.05, 0) is 18.2 Å². The van der Waals surface area contributed by atoms with Gasteiger partial charge in [-0.2, -0.15) is 0 Å². The second-order valence-corrected chi connectivity index (χ2v) is 5.08. The van der Waals surface area contributed by atoms with Gasteiger partial charge in [0.05, 0.1) is 5.75 Å². The maximum Gasteiger partial charge on any atom is 0.287 e. The van der Waals surface area contributed by atoms with Crippen molar-refractivity contribution in [2.45, 2.75) is 10.6 Å². The third kappa shape index (κ3) is 3.40. The molecular formula is C11H11ClN4O2S. The van der Waals surface area contributed by atoms with E-state index in [0.717, 1.165) is 4.90 Å². The summed E-state index contributed by atoms with van der Waals surface area (Å²) in [4.78, 5) is 12.1. The summed E-state index contributed by atoms with van der Waals surface area (Å²) in [7, 11) is 0. The van der Waals surface area contributed by atoms with Crippen LogP contribution in [-0.2, 0) is 5.75 Å². The Morgan fingerprint density at radius 2 is 2.26 bits per heavy atom. The third-order valence-corrected chi connectivity index (χ3v) is 3.61. The Labute approximate surface area is 118 Å². The van der Waals surface area contributed by atoms with Gasteiger partial charge in [-0.25, -0.2) is 5.84 Å². The molecule has 2 rings (SSSR count). The van der Waals surface area contributed by atoms with Gasteiger partial charge in [0.2, 0.25) is 0 Å². The zero-order valence-corrected chi connectivity index (χ0v) is 11.3. The average Bonchev–Trinajstić information content (AvgIpc) is 2.85. The van der Waals surface area contributed by atoms with Crippen molar-refractivity contribution in [1.82, 2.24) is 10.6 Å². The van der Waals surface area contributed by atoms with Gasteiger partial charge >= 0.3 is 0 Å². The Kier molecular flexibility index (Phi) is 4.31. The Bertz CT molecular complexity index is 602. The highest BCUT2D eigenvalue weighted by molar-refractivity contribution is 7.98. The summed E-state index contributed by atoms with van der Waals surface area (Å²) in [5, 5.41) is 4.19. The third-order valence-electron chi connectivity index (χ3n) is 2.26. The lowest BCUT2D eigenvalue weighted by atomic mass is 10.3. The fourth-order valence-corrected chi connectivity index (χ4v) is 2.37. The van der Waals surface area contributed by atoms with Crippen LogP contribution in [0.4, 0.5) is 5.69 Å². The second kappa shape index (κ2) is 5.96. The fourth-order valence-electron chi connectivity index (χ4n) is 1.36. The lowest BCUT2D eigenvalue weighted by Gasteiger charge is -2.03. The molecule has 1 aromatic carbocycles. The number of nitrogens with two attached hydrogens (primary N) is 2. The van der Waals surface area contributed by atoms with E-state index in [1.165, 1.54) is 17.8 Å². The SMILES string of the molecule is NNC(=O)c1cc(CSc2ccc(Cl)cc2N)on1. The molecule has 1 amide bonds. The molecule has 1 aromatic heterocycles. The zero-order valence-electron chi connectivity index (χ0n) is 9.72. The molecule has 0 radical (unpaired) electrons. The van der Waals surface area contributed by atoms with Crippen molar-refractivity contribution in [3.8, 4) is 0 Å². The number of nitrogen functional groups attached to an aromatic ring is 2. The minimum atomic E-state index is -0.494. The number of benzene rings is 1. The molecule has 0 unspecified atom stereocenters. The molecular weight excluding hydrogens is 288 g/mol. The number of amides is 1. The van der Waals surface area contributed by atoms with Crippen molar-refractivity contribution in [1.29, 1.82) is 0 Å². The number of hydrogen-bond donors (Lipinski definition) is 3. The van der Waals surface area contributed by atoms with Gasteiger partial charge in [0, 0.05) is 21.7 Å². The van der Waals surface area contributed by atoms with E-state index in [1.807, 2.05) is 11.5 Å². The lowest BCUT2D eigenvalue weighted by Crippen LogP contribution is -2.30. The fraction of sp³-hybridized carbons (Fsp3) is 0.0909. The summed E-state index contributed by atoms with van der Waals surface area (Å²) in [6.45, 7) is 0. The average molecular weight is 299 g/mol. The summed E-state index contributed by atoms with van der Waals surface area (Å²) < 4.78 is 5.02. The molecule has 0 saturated carbocycles. The van der Waals surface area contributed by atoms with Crippen molar-refractivity contribution in [2.24, 2.45) is 5.84 Å². The van der Waals surface area contributed by atoms with Crippen LogP contribution in [-0.4, -0.2) is 11.1 Å². The first-order chi connectivity index (χ1) is 9.10. The van der Waals surface area contributed by atoms with Gasteiger partial charge in [-0.3, -0.25) is 10.2 Å². The van der Waals surface area contributed by atoms with E-state index >= 15 is 0 Å². The molecule has 0 fully saturated rings. The zero-order chi connectivity index (χ0) is 13.8. The molecule has 0 saturated heterocycles. The number of rotatable bonds is 4. The predicted octanol–water partition coefficient (Wildman–Crippen LogP) is 1.81. The van der Waals surface area contributed by atoms with Crippen LogP contribution >= 0.6 is 23.4 Å². The van der Waals surface area contributed by atoms with Gasteiger partial charge < -0.3 is 10.3 Å². The highest BCUT2D eigenvalue weighted by Gasteiger charge is 2.11. The Balaban J connectivity index is 2.02. The molecule has 0 aliphatic carbocycles. The van der Waals surface area contributed by atoms with Crippen molar-refractivity contribution >= 4 is 35.0 Å². The van der Waals surface area contributed by atoms with Crippen molar-refractivity contribution < 1.29 is 9.32 Å². The molecule has 0 aliphatic rings. The number of carbonyl (C=O) groups excluding carboxylic acids is 1. The van der Waals surface area contributed by atoms with Crippen LogP contribution in [0.25, 0.3) is 0 Å². The van der Waals surface area contributed by atoms with E-state index < -0.39 is 5.91 Å². The molecule has 0 bridgehead atoms. The molecule has 6 nitrogen and oxygen atoms in total. The number of carbonyl (C=O) groups is 1. The standard InChI is InChI=1S/C11H11ClN4O2S/c12-6-1-2-10(8(13)3-6)19-5-7-4-9(16-18-7)11(17)15-14/h1-4H,5,13-14H2,(H,15,17). The normalized spacial score (nSPS) is 10.4. The van der Waals surface area contributed by atoms with Crippen LogP contribution in [0.15, 0.2) is 33.7 Å². The quantitative estimate of drug-likeness (QED) is 0.261. The molecule has 0 spiro atoms. The maximum absolute atomic E-state index is 11.2. The van der Waals surface area contributed by atoms with Crippen LogP contribution in [0.2, 0.25) is 5.02 Å². The smallest absolute Gasteiger partial charge is 0.287 e. The Morgan fingerprint density at radius 3 is 2.95 bits per heavy atom. The Hall–Kier alpha value is -1.70. The van der Waals surface area contributed by atoms with Gasteiger partial charge in [0.25, 0.3) is 5.91 Å². The van der Waals surface area contributed by atoms with Crippen molar-refractivity contribution in [3.63, 3.8) is 0 Å². The Morgan fingerprint density at radius 1 is 1.47 bits per heavy atom. The molecule has 2 aromatic rings. The minimum Gasteiger partial charge on any atom is -0.398 e.